The van der Waals surface area contributed by atoms with Crippen LogP contribution < -0.4 is 9.47 Å². The summed E-state index contributed by atoms with van der Waals surface area (Å²) in [7, 11) is 4.96. The number of tetrazole rings is 1. The molecule has 4 rings (SSSR count). The van der Waals surface area contributed by atoms with Crippen LogP contribution in [0.2, 0.25) is 0 Å². The first-order valence-electron chi connectivity index (χ1n) is 11.0. The zero-order valence-electron chi connectivity index (χ0n) is 19.8. The number of benzene rings is 2. The summed E-state index contributed by atoms with van der Waals surface area (Å²) in [5, 5.41) is 22.2. The van der Waals surface area contributed by atoms with E-state index in [2.05, 4.69) is 47.4 Å². The average molecular weight is 620 g/mol. The Labute approximate surface area is 225 Å². The van der Waals surface area contributed by atoms with Gasteiger partial charge < -0.3 is 19.3 Å². The van der Waals surface area contributed by atoms with Crippen molar-refractivity contribution < 1.29 is 24.1 Å². The highest BCUT2D eigenvalue weighted by molar-refractivity contribution is 9.10. The molecule has 2 heterocycles. The second-order valence-electron chi connectivity index (χ2n) is 8.09. The van der Waals surface area contributed by atoms with Crippen molar-refractivity contribution >= 4 is 49.0 Å². The first kappa shape index (κ1) is 26.1. The van der Waals surface area contributed by atoms with Crippen molar-refractivity contribution in [2.24, 2.45) is 7.05 Å². The minimum absolute atomic E-state index is 0.0108. The van der Waals surface area contributed by atoms with Gasteiger partial charge in [-0.05, 0) is 64.0 Å². The van der Waals surface area contributed by atoms with Gasteiger partial charge in [0.25, 0.3) is 0 Å². The highest BCUT2D eigenvalue weighted by atomic mass is 79.9. The molecule has 0 radical (unpaired) electrons. The molecule has 0 aliphatic carbocycles. The number of rotatable bonds is 7. The van der Waals surface area contributed by atoms with Gasteiger partial charge in [-0.3, -0.25) is 4.79 Å². The van der Waals surface area contributed by atoms with E-state index < -0.39 is 18.2 Å². The molecule has 11 heteroatoms. The summed E-state index contributed by atoms with van der Waals surface area (Å²) in [6.07, 6.45) is 2.53. The van der Waals surface area contributed by atoms with Gasteiger partial charge in [0.2, 0.25) is 0 Å². The number of aliphatic hydroxyl groups is 1. The number of halogens is 2. The fraction of sp³-hybridized carbons (Fsp3) is 0.280. The highest BCUT2D eigenvalue weighted by Crippen LogP contribution is 2.41. The molecule has 0 spiro atoms. The lowest BCUT2D eigenvalue weighted by molar-refractivity contribution is -0.156. The van der Waals surface area contributed by atoms with Crippen LogP contribution in [0.15, 0.2) is 57.5 Å². The van der Waals surface area contributed by atoms with Crippen molar-refractivity contribution in [1.29, 1.82) is 0 Å². The van der Waals surface area contributed by atoms with Crippen LogP contribution in [0.1, 0.15) is 29.8 Å². The fourth-order valence-electron chi connectivity index (χ4n) is 3.94. The number of esters is 1. The molecule has 36 heavy (non-hydrogen) atoms. The van der Waals surface area contributed by atoms with E-state index in [0.29, 0.717) is 29.3 Å². The maximum absolute atomic E-state index is 11.9. The van der Waals surface area contributed by atoms with Crippen LogP contribution in [0.4, 0.5) is 0 Å². The van der Waals surface area contributed by atoms with Gasteiger partial charge in [0, 0.05) is 33.6 Å². The van der Waals surface area contributed by atoms with Crippen molar-refractivity contribution in [3.05, 3.63) is 74.4 Å². The summed E-state index contributed by atoms with van der Waals surface area (Å²) in [5.41, 5.74) is 3.18. The van der Waals surface area contributed by atoms with Gasteiger partial charge in [0.1, 0.15) is 17.6 Å². The molecule has 1 aliphatic rings. The number of methoxy groups -OCH3 is 2. The first-order chi connectivity index (χ1) is 17.3. The monoisotopic (exact) mass is 618 g/mol. The van der Waals surface area contributed by atoms with E-state index in [4.69, 9.17) is 14.2 Å². The minimum atomic E-state index is -0.754. The van der Waals surface area contributed by atoms with Crippen LogP contribution in [0.5, 0.6) is 11.5 Å². The molecule has 188 valence electrons. The van der Waals surface area contributed by atoms with Gasteiger partial charge >= 0.3 is 5.97 Å². The molecule has 2 atom stereocenters. The van der Waals surface area contributed by atoms with Gasteiger partial charge in [-0.1, -0.05) is 37.9 Å². The summed E-state index contributed by atoms with van der Waals surface area (Å²) in [6.45, 7) is 0. The molecule has 1 N–H and O–H groups in total. The largest absolute Gasteiger partial charge is 0.497 e. The van der Waals surface area contributed by atoms with Crippen LogP contribution >= 0.6 is 31.9 Å². The van der Waals surface area contributed by atoms with Gasteiger partial charge in [0.15, 0.2) is 5.82 Å². The third-order valence-corrected chi connectivity index (χ3v) is 7.00. The third kappa shape index (κ3) is 5.69. The molecule has 0 amide bonds. The van der Waals surface area contributed by atoms with E-state index in [0.717, 1.165) is 25.6 Å². The fourth-order valence-corrected chi connectivity index (χ4v) is 5.06. The molecule has 3 aromatic rings. The Morgan fingerprint density at radius 2 is 1.72 bits per heavy atom. The number of nitrogens with zero attached hydrogens (tertiary/aromatic N) is 4. The predicted octanol–water partition coefficient (Wildman–Crippen LogP) is 4.33. The normalized spacial score (nSPS) is 17.7. The maximum Gasteiger partial charge on any atom is 0.309 e. The number of carbonyl (C=O) groups excluding carboxylic acids is 1. The van der Waals surface area contributed by atoms with Crippen molar-refractivity contribution in [3.8, 4) is 11.5 Å². The van der Waals surface area contributed by atoms with Crippen molar-refractivity contribution in [3.63, 3.8) is 0 Å². The van der Waals surface area contributed by atoms with Crippen LogP contribution in [0, 0.1) is 0 Å². The number of carbonyl (C=O) groups is 1. The van der Waals surface area contributed by atoms with Gasteiger partial charge in [-0.2, -0.15) is 0 Å². The second-order valence-corrected chi connectivity index (χ2v) is 9.80. The number of hydrogen-bond acceptors (Lipinski definition) is 8. The lowest BCUT2D eigenvalue weighted by Gasteiger charge is -2.23. The molecular weight excluding hydrogens is 596 g/mol. The number of aliphatic hydroxyl groups excluding tert-OH is 1. The van der Waals surface area contributed by atoms with Gasteiger partial charge in [-0.15, -0.1) is 5.10 Å². The standard InChI is InChI=1S/C25H24Br2N4O5/c1-31-25(28-29-30-31)20(9-6-17-10-14(32)11-23(33)36-17)24(18-7-4-15(34-2)12-21(18)26)19-8-5-16(35-3)13-22(19)27/h4-9,12-14,17,32H,10-11H2,1-3H3/t14-,17-/m1/s1. The van der Waals surface area contributed by atoms with Crippen molar-refractivity contribution in [1.82, 2.24) is 20.2 Å². The maximum atomic E-state index is 11.9. The average Bonchev–Trinajstić information content (AvgIpc) is 3.27. The smallest absolute Gasteiger partial charge is 0.309 e. The van der Waals surface area contributed by atoms with E-state index in [-0.39, 0.29) is 6.42 Å². The van der Waals surface area contributed by atoms with E-state index in [1.807, 2.05) is 42.5 Å². The van der Waals surface area contributed by atoms with Crippen LogP contribution in [0.3, 0.4) is 0 Å². The Bertz CT molecular complexity index is 1280. The van der Waals surface area contributed by atoms with Crippen molar-refractivity contribution in [2.75, 3.05) is 14.2 Å². The van der Waals surface area contributed by atoms with Crippen LogP contribution in [-0.4, -0.2) is 57.7 Å². The quantitative estimate of drug-likeness (QED) is 0.307. The molecule has 0 bridgehead atoms. The lowest BCUT2D eigenvalue weighted by Crippen LogP contribution is -2.31. The summed E-state index contributed by atoms with van der Waals surface area (Å²) < 4.78 is 19.4. The Morgan fingerprint density at radius 3 is 2.19 bits per heavy atom. The highest BCUT2D eigenvalue weighted by Gasteiger charge is 2.26. The van der Waals surface area contributed by atoms with Crippen LogP contribution in [-0.2, 0) is 16.6 Å². The second kappa shape index (κ2) is 11.4. The molecule has 9 nitrogen and oxygen atoms in total. The molecule has 2 aromatic carbocycles. The van der Waals surface area contributed by atoms with Crippen molar-refractivity contribution in [2.45, 2.75) is 25.0 Å². The lowest BCUT2D eigenvalue weighted by atomic mass is 9.91. The summed E-state index contributed by atoms with van der Waals surface area (Å²) in [4.78, 5) is 11.9. The minimum Gasteiger partial charge on any atom is -0.497 e. The first-order valence-corrected chi connectivity index (χ1v) is 12.6. The number of aryl methyl sites for hydroxylation is 1. The Kier molecular flexibility index (Phi) is 8.22. The molecule has 1 fully saturated rings. The number of cyclic esters (lactones) is 1. The number of ether oxygens (including phenoxy) is 3. The SMILES string of the molecule is COc1ccc(C(=C(C=C[C@@H]2C[C@@H](O)CC(=O)O2)c2nnnn2C)c2ccc(OC)cc2Br)c(Br)c1. The molecule has 0 saturated carbocycles. The van der Waals surface area contributed by atoms with Crippen LogP contribution in [0.25, 0.3) is 11.1 Å². The summed E-state index contributed by atoms with van der Waals surface area (Å²) in [5.74, 6) is 1.44. The number of aromatic nitrogens is 4. The third-order valence-electron chi connectivity index (χ3n) is 5.69. The van der Waals surface area contributed by atoms with E-state index >= 15 is 0 Å². The summed E-state index contributed by atoms with van der Waals surface area (Å²) in [6, 6.07) is 11.4. The van der Waals surface area contributed by atoms with E-state index in [1.165, 1.54) is 0 Å². The molecule has 0 unspecified atom stereocenters. The number of allylic oxidation sites excluding steroid dienone is 2. The number of hydrogen-bond donors (Lipinski definition) is 1. The predicted molar refractivity (Wildman–Crippen MR) is 140 cm³/mol. The molecule has 1 aromatic heterocycles. The zero-order chi connectivity index (χ0) is 25.8. The topological polar surface area (TPSA) is 109 Å². The molecule has 1 aliphatic heterocycles. The Hall–Kier alpha value is -3.02. The van der Waals surface area contributed by atoms with E-state index in [9.17, 15) is 9.90 Å². The van der Waals surface area contributed by atoms with Gasteiger partial charge in [-0.25, -0.2) is 4.68 Å². The van der Waals surface area contributed by atoms with Gasteiger partial charge in [0.05, 0.1) is 26.7 Å². The molecular formula is C25H24Br2N4O5. The Balaban J connectivity index is 1.98. The zero-order valence-corrected chi connectivity index (χ0v) is 23.0. The summed E-state index contributed by atoms with van der Waals surface area (Å²) >= 11 is 7.39. The van der Waals surface area contributed by atoms with E-state index in [1.54, 1.807) is 32.0 Å². The molecule has 1 saturated heterocycles. The Morgan fingerprint density at radius 1 is 1.11 bits per heavy atom.